The van der Waals surface area contributed by atoms with Crippen LogP contribution in [0, 0.1) is 6.92 Å². The maximum atomic E-state index is 9.21. The third-order valence-electron chi connectivity index (χ3n) is 5.90. The van der Waals surface area contributed by atoms with Crippen molar-refractivity contribution in [1.29, 1.82) is 0 Å². The number of fused-ring (bicyclic) bond motifs is 2. The molecule has 1 fully saturated rings. The number of aliphatic hydroxyl groups excluding tert-OH is 1. The van der Waals surface area contributed by atoms with Crippen LogP contribution in [0.1, 0.15) is 42.2 Å². The van der Waals surface area contributed by atoms with Gasteiger partial charge in [-0.3, -0.25) is 4.90 Å². The molecule has 2 aromatic rings. The van der Waals surface area contributed by atoms with Crippen molar-refractivity contribution in [3.63, 3.8) is 0 Å². The summed E-state index contributed by atoms with van der Waals surface area (Å²) in [4.78, 5) is 18.3. The van der Waals surface area contributed by atoms with E-state index in [9.17, 15) is 5.11 Å². The first-order chi connectivity index (χ1) is 13.5. The van der Waals surface area contributed by atoms with Gasteiger partial charge in [0.15, 0.2) is 5.82 Å². The maximum absolute atomic E-state index is 9.21. The fraction of sp³-hybridized carbons (Fsp3) is 0.684. The number of nitrogens with one attached hydrogen (secondary N) is 1. The van der Waals surface area contributed by atoms with Gasteiger partial charge in [0.05, 0.1) is 18.8 Å². The fourth-order valence-electron chi connectivity index (χ4n) is 4.38. The number of piperidine rings is 1. The molecule has 0 unspecified atom stereocenters. The highest BCUT2D eigenvalue weighted by molar-refractivity contribution is 5.55. The molecule has 9 heteroatoms. The third-order valence-corrected chi connectivity index (χ3v) is 5.90. The Labute approximate surface area is 165 Å². The third kappa shape index (κ3) is 3.56. The highest BCUT2D eigenvalue weighted by Gasteiger charge is 2.44. The molecule has 152 valence electrons. The minimum atomic E-state index is 0.0890. The Morgan fingerprint density at radius 3 is 2.61 bits per heavy atom. The maximum Gasteiger partial charge on any atom is 0.227 e. The normalized spacial score (nSPS) is 18.4. The van der Waals surface area contributed by atoms with Crippen LogP contribution in [-0.4, -0.2) is 70.5 Å². The van der Waals surface area contributed by atoms with E-state index in [4.69, 9.17) is 9.51 Å². The van der Waals surface area contributed by atoms with Gasteiger partial charge in [0.1, 0.15) is 5.82 Å². The van der Waals surface area contributed by atoms with Gasteiger partial charge < -0.3 is 19.8 Å². The number of hydrogen-bond donors (Lipinski definition) is 2. The van der Waals surface area contributed by atoms with Gasteiger partial charge in [-0.15, -0.1) is 0 Å². The molecule has 0 bridgehead atoms. The van der Waals surface area contributed by atoms with Gasteiger partial charge in [0.2, 0.25) is 11.8 Å². The Kier molecular flexibility index (Phi) is 5.20. The molecule has 3 heterocycles. The molecular formula is C19H29N7O2. The van der Waals surface area contributed by atoms with Crippen LogP contribution in [0.15, 0.2) is 4.52 Å². The Bertz CT molecular complexity index is 828. The first kappa shape index (κ1) is 19.1. The first-order valence-corrected chi connectivity index (χ1v) is 9.96. The van der Waals surface area contributed by atoms with E-state index in [1.165, 1.54) is 11.3 Å². The molecule has 0 amide bonds. The summed E-state index contributed by atoms with van der Waals surface area (Å²) in [6.45, 7) is 5.13. The monoisotopic (exact) mass is 387 g/mol. The molecule has 28 heavy (non-hydrogen) atoms. The zero-order valence-corrected chi connectivity index (χ0v) is 16.9. The lowest BCUT2D eigenvalue weighted by atomic mass is 9.76. The molecule has 2 aromatic heterocycles. The Hall–Kier alpha value is -2.26. The zero-order valence-electron chi connectivity index (χ0n) is 16.9. The van der Waals surface area contributed by atoms with E-state index in [1.54, 1.807) is 0 Å². The Morgan fingerprint density at radius 2 is 1.96 bits per heavy atom. The number of nitrogens with zero attached hydrogens (tertiary/aromatic N) is 6. The average molecular weight is 387 g/mol. The molecule has 9 nitrogen and oxygen atoms in total. The molecule has 0 atom stereocenters. The van der Waals surface area contributed by atoms with E-state index in [1.807, 2.05) is 25.9 Å². The molecule has 0 aromatic carbocycles. The summed E-state index contributed by atoms with van der Waals surface area (Å²) in [6.07, 6.45) is 4.23. The summed E-state index contributed by atoms with van der Waals surface area (Å²) in [5.41, 5.74) is 2.53. The second-order valence-corrected chi connectivity index (χ2v) is 8.03. The fourth-order valence-corrected chi connectivity index (χ4v) is 4.38. The van der Waals surface area contributed by atoms with Crippen molar-refractivity contribution in [3.8, 4) is 0 Å². The van der Waals surface area contributed by atoms with E-state index < -0.39 is 0 Å². The van der Waals surface area contributed by atoms with Crippen LogP contribution < -0.4 is 10.2 Å². The standard InChI is InChI=1S/C19H29N7O2/c1-13-21-15(24-28-13)12-26-9-6-19(7-10-26)5-4-14-16(19)22-18(25(2)3)23-17(14)20-8-11-27/h27H,4-12H2,1-3H3,(H,20,22,23). The molecular weight excluding hydrogens is 358 g/mol. The van der Waals surface area contributed by atoms with Crippen molar-refractivity contribution in [2.75, 3.05) is 50.6 Å². The van der Waals surface area contributed by atoms with Crippen LogP contribution in [0.5, 0.6) is 0 Å². The van der Waals surface area contributed by atoms with Crippen LogP contribution in [0.3, 0.4) is 0 Å². The number of aromatic nitrogens is 4. The lowest BCUT2D eigenvalue weighted by molar-refractivity contribution is 0.146. The number of hydrogen-bond acceptors (Lipinski definition) is 9. The second-order valence-electron chi connectivity index (χ2n) is 8.03. The lowest BCUT2D eigenvalue weighted by Crippen LogP contribution is -2.41. The quantitative estimate of drug-likeness (QED) is 0.754. The molecule has 0 radical (unpaired) electrons. The number of rotatable bonds is 6. The van der Waals surface area contributed by atoms with Crippen LogP contribution >= 0.6 is 0 Å². The summed E-state index contributed by atoms with van der Waals surface area (Å²) in [5, 5.41) is 16.5. The van der Waals surface area contributed by atoms with Crippen molar-refractivity contribution in [2.24, 2.45) is 0 Å². The Balaban J connectivity index is 1.54. The van der Waals surface area contributed by atoms with Gasteiger partial charge in [0, 0.05) is 38.5 Å². The number of anilines is 2. The number of aryl methyl sites for hydroxylation is 1. The molecule has 2 N–H and O–H groups in total. The van der Waals surface area contributed by atoms with Crippen molar-refractivity contribution in [3.05, 3.63) is 23.0 Å². The minimum Gasteiger partial charge on any atom is -0.395 e. The second kappa shape index (κ2) is 7.63. The van der Waals surface area contributed by atoms with E-state index in [-0.39, 0.29) is 12.0 Å². The minimum absolute atomic E-state index is 0.0890. The molecule has 1 aliphatic carbocycles. The van der Waals surface area contributed by atoms with E-state index in [0.717, 1.165) is 62.9 Å². The van der Waals surface area contributed by atoms with Crippen LogP contribution in [0.2, 0.25) is 0 Å². The summed E-state index contributed by atoms with van der Waals surface area (Å²) in [6, 6.07) is 0. The first-order valence-electron chi connectivity index (χ1n) is 9.96. The summed E-state index contributed by atoms with van der Waals surface area (Å²) >= 11 is 0. The van der Waals surface area contributed by atoms with Gasteiger partial charge in [0.25, 0.3) is 0 Å². The predicted molar refractivity (Wildman–Crippen MR) is 105 cm³/mol. The van der Waals surface area contributed by atoms with Crippen LogP contribution in [0.4, 0.5) is 11.8 Å². The molecule has 1 aliphatic heterocycles. The Morgan fingerprint density at radius 1 is 1.18 bits per heavy atom. The number of aliphatic hydroxyl groups is 1. The molecule has 0 saturated carbocycles. The zero-order chi connectivity index (χ0) is 19.7. The number of likely N-dealkylation sites (tertiary alicyclic amines) is 1. The lowest BCUT2D eigenvalue weighted by Gasteiger charge is -2.39. The smallest absolute Gasteiger partial charge is 0.227 e. The van der Waals surface area contributed by atoms with Gasteiger partial charge in [-0.2, -0.15) is 9.97 Å². The molecule has 4 rings (SSSR count). The van der Waals surface area contributed by atoms with Gasteiger partial charge >= 0.3 is 0 Å². The van der Waals surface area contributed by atoms with Gasteiger partial charge in [-0.25, -0.2) is 4.98 Å². The average Bonchev–Trinajstić information content (AvgIpc) is 3.25. The molecule has 1 spiro atoms. The van der Waals surface area contributed by atoms with Crippen molar-refractivity contribution in [1.82, 2.24) is 25.0 Å². The van der Waals surface area contributed by atoms with Crippen LogP contribution in [-0.2, 0) is 18.4 Å². The van der Waals surface area contributed by atoms with Crippen molar-refractivity contribution < 1.29 is 9.63 Å². The highest BCUT2D eigenvalue weighted by Crippen LogP contribution is 2.47. The van der Waals surface area contributed by atoms with E-state index >= 15 is 0 Å². The van der Waals surface area contributed by atoms with Gasteiger partial charge in [-0.1, -0.05) is 5.16 Å². The summed E-state index contributed by atoms with van der Waals surface area (Å²) < 4.78 is 5.09. The molecule has 1 saturated heterocycles. The highest BCUT2D eigenvalue weighted by atomic mass is 16.5. The van der Waals surface area contributed by atoms with E-state index in [0.29, 0.717) is 12.4 Å². The molecule has 2 aliphatic rings. The van der Waals surface area contributed by atoms with Crippen molar-refractivity contribution >= 4 is 11.8 Å². The topological polar surface area (TPSA) is 103 Å². The van der Waals surface area contributed by atoms with Gasteiger partial charge in [-0.05, 0) is 38.8 Å². The van der Waals surface area contributed by atoms with Crippen molar-refractivity contribution in [2.45, 2.75) is 44.6 Å². The predicted octanol–water partition coefficient (Wildman–Crippen LogP) is 1.12. The largest absolute Gasteiger partial charge is 0.395 e. The summed E-state index contributed by atoms with van der Waals surface area (Å²) in [7, 11) is 3.93. The SMILES string of the molecule is Cc1nc(CN2CCC3(CCc4c(NCCO)nc(N(C)C)nc43)CC2)no1. The summed E-state index contributed by atoms with van der Waals surface area (Å²) in [5.74, 6) is 2.98. The van der Waals surface area contributed by atoms with E-state index in [2.05, 4.69) is 25.3 Å². The van der Waals surface area contributed by atoms with Crippen LogP contribution in [0.25, 0.3) is 0 Å².